The quantitative estimate of drug-likeness (QED) is 0.229. The van der Waals surface area contributed by atoms with Gasteiger partial charge in [-0.15, -0.1) is 23.2 Å². The molecule has 1 aliphatic carbocycles. The van der Waals surface area contributed by atoms with Crippen LogP contribution in [0.2, 0.25) is 15.1 Å². The van der Waals surface area contributed by atoms with Crippen LogP contribution in [-0.4, -0.2) is 16.1 Å². The number of rotatable bonds is 5. The van der Waals surface area contributed by atoms with Gasteiger partial charge in [0.1, 0.15) is 10.2 Å². The minimum absolute atomic E-state index is 0.0827. The van der Waals surface area contributed by atoms with E-state index in [2.05, 4.69) is 10.6 Å². The van der Waals surface area contributed by atoms with Crippen LogP contribution in [0.1, 0.15) is 21.8 Å². The van der Waals surface area contributed by atoms with E-state index in [4.69, 9.17) is 63.7 Å². The summed E-state index contributed by atoms with van der Waals surface area (Å²) >= 11 is 31.1. The number of alkyl halides is 2. The van der Waals surface area contributed by atoms with Crippen LogP contribution in [0.25, 0.3) is 0 Å². The Morgan fingerprint density at radius 1 is 0.882 bits per heavy atom. The van der Waals surface area contributed by atoms with E-state index in [1.54, 1.807) is 18.2 Å². The van der Waals surface area contributed by atoms with Crippen molar-refractivity contribution in [1.82, 2.24) is 0 Å². The summed E-state index contributed by atoms with van der Waals surface area (Å²) in [6.45, 7) is 0. The van der Waals surface area contributed by atoms with Gasteiger partial charge in [0.05, 0.1) is 22.2 Å². The van der Waals surface area contributed by atoms with E-state index >= 15 is 0 Å². The van der Waals surface area contributed by atoms with Crippen molar-refractivity contribution in [3.63, 3.8) is 0 Å². The smallest absolute Gasteiger partial charge is 0.257 e. The Kier molecular flexibility index (Phi) is 6.91. The van der Waals surface area contributed by atoms with Crippen LogP contribution >= 0.6 is 58.0 Å². The van der Waals surface area contributed by atoms with Crippen molar-refractivity contribution in [3.05, 3.63) is 86.6 Å². The minimum atomic E-state index is -1.35. The first-order chi connectivity index (χ1) is 16.0. The molecule has 1 fully saturated rings. The van der Waals surface area contributed by atoms with Gasteiger partial charge >= 0.3 is 0 Å². The van der Waals surface area contributed by atoms with Crippen molar-refractivity contribution in [2.45, 2.75) is 10.3 Å². The van der Waals surface area contributed by atoms with E-state index in [1.165, 1.54) is 30.3 Å². The molecule has 11 heteroatoms. The van der Waals surface area contributed by atoms with Gasteiger partial charge in [0.25, 0.3) is 5.91 Å². The molecule has 0 heterocycles. The molecule has 0 unspecified atom stereocenters. The van der Waals surface area contributed by atoms with Crippen molar-refractivity contribution >= 4 is 86.9 Å². The Morgan fingerprint density at radius 2 is 1.50 bits per heavy atom. The molecule has 0 aliphatic heterocycles. The molecule has 0 aromatic heterocycles. The topological polar surface area (TPSA) is 84.2 Å². The molecule has 176 valence electrons. The molecule has 0 saturated heterocycles. The summed E-state index contributed by atoms with van der Waals surface area (Å²) in [7, 11) is 0. The van der Waals surface area contributed by atoms with Crippen LogP contribution in [-0.2, 0) is 4.79 Å². The van der Waals surface area contributed by atoms with E-state index in [1.807, 2.05) is 0 Å². The lowest BCUT2D eigenvalue weighted by molar-refractivity contribution is -0.117. The summed E-state index contributed by atoms with van der Waals surface area (Å²) in [6.07, 6.45) is 0. The van der Waals surface area contributed by atoms with E-state index in [0.717, 1.165) is 6.07 Å². The summed E-state index contributed by atoms with van der Waals surface area (Å²) in [6, 6.07) is 13.0. The Balaban J connectivity index is 1.51. The van der Waals surface area contributed by atoms with E-state index < -0.39 is 33.8 Å². The number of carbonyl (C=O) groups is 2. The second-order valence-corrected chi connectivity index (χ2v) is 10.4. The van der Waals surface area contributed by atoms with Gasteiger partial charge in [-0.25, -0.2) is 4.39 Å². The molecule has 0 radical (unpaired) electrons. The molecule has 3 aromatic rings. The first kappa shape index (κ1) is 24.9. The van der Waals surface area contributed by atoms with Gasteiger partial charge in [0.15, 0.2) is 0 Å². The summed E-state index contributed by atoms with van der Waals surface area (Å²) in [5.41, 5.74) is 6.72. The lowest BCUT2D eigenvalue weighted by Gasteiger charge is -2.11. The normalized spacial score (nSPS) is 18.3. The highest BCUT2D eigenvalue weighted by Crippen LogP contribution is 2.65. The molecular weight excluding hydrogens is 547 g/mol. The van der Waals surface area contributed by atoms with Crippen LogP contribution in [0, 0.1) is 11.7 Å². The molecule has 34 heavy (non-hydrogen) atoms. The number of anilines is 3. The molecule has 5 nitrogen and oxygen atoms in total. The number of nitrogens with one attached hydrogen (secondary N) is 2. The highest BCUT2D eigenvalue weighted by Gasteiger charge is 2.67. The first-order valence-electron chi connectivity index (χ1n) is 9.78. The average molecular weight is 562 g/mol. The second-order valence-electron chi connectivity index (χ2n) is 7.71. The van der Waals surface area contributed by atoms with E-state index in [9.17, 15) is 14.0 Å². The predicted octanol–water partition coefficient (Wildman–Crippen LogP) is 7.15. The second kappa shape index (κ2) is 9.44. The molecule has 1 saturated carbocycles. The lowest BCUT2D eigenvalue weighted by Crippen LogP contribution is -2.18. The Morgan fingerprint density at radius 3 is 2.15 bits per heavy atom. The molecule has 2 amide bonds. The summed E-state index contributed by atoms with van der Waals surface area (Å²) in [5, 5.41) is 6.23. The fraction of sp³-hybridized carbons (Fsp3) is 0.130. The number of halogens is 6. The molecule has 2 atom stereocenters. The third-order valence-corrected chi connectivity index (χ3v) is 7.02. The van der Waals surface area contributed by atoms with E-state index in [0.29, 0.717) is 21.3 Å². The standard InChI is InChI=1S/C23H15Cl5FN3O2/c24-11-5-10(6-12(25)7-11)19-20(23(19,27)28)22(34)32-13-1-3-16(26)15(8-13)21(33)31-14-2-4-17(29)18(30)9-14/h1-9,19-20H,30H2,(H,31,33)(H,32,34)/t19-,20+/m0/s1. The number of hydrogen-bond donors (Lipinski definition) is 3. The van der Waals surface area contributed by atoms with Gasteiger partial charge in [0.2, 0.25) is 5.91 Å². The van der Waals surface area contributed by atoms with Crippen molar-refractivity contribution in [3.8, 4) is 0 Å². The van der Waals surface area contributed by atoms with Crippen molar-refractivity contribution < 1.29 is 14.0 Å². The van der Waals surface area contributed by atoms with Gasteiger partial charge in [0, 0.05) is 27.3 Å². The molecule has 0 bridgehead atoms. The molecule has 4 N–H and O–H groups in total. The van der Waals surface area contributed by atoms with Crippen molar-refractivity contribution in [1.29, 1.82) is 0 Å². The predicted molar refractivity (Wildman–Crippen MR) is 136 cm³/mol. The molecule has 0 spiro atoms. The van der Waals surface area contributed by atoms with E-state index in [-0.39, 0.29) is 22.0 Å². The third-order valence-electron chi connectivity index (χ3n) is 5.31. The summed E-state index contributed by atoms with van der Waals surface area (Å²) < 4.78 is 12.0. The maximum atomic E-state index is 13.4. The zero-order valence-corrected chi connectivity index (χ0v) is 20.8. The highest BCUT2D eigenvalue weighted by molar-refractivity contribution is 6.53. The number of hydrogen-bond acceptors (Lipinski definition) is 3. The molecule has 3 aromatic carbocycles. The monoisotopic (exact) mass is 559 g/mol. The molecule has 1 aliphatic rings. The fourth-order valence-electron chi connectivity index (χ4n) is 3.64. The van der Waals surface area contributed by atoms with Gasteiger partial charge in [-0.3, -0.25) is 9.59 Å². The molecule has 4 rings (SSSR count). The van der Waals surface area contributed by atoms with Gasteiger partial charge in [-0.1, -0.05) is 34.8 Å². The Bertz CT molecular complexity index is 1300. The number of carbonyl (C=O) groups excluding carboxylic acids is 2. The maximum Gasteiger partial charge on any atom is 0.257 e. The summed E-state index contributed by atoms with van der Waals surface area (Å²) in [4.78, 5) is 25.7. The van der Waals surface area contributed by atoms with Crippen LogP contribution in [0.5, 0.6) is 0 Å². The van der Waals surface area contributed by atoms with Crippen LogP contribution in [0.15, 0.2) is 54.6 Å². The van der Waals surface area contributed by atoms with Crippen LogP contribution in [0.3, 0.4) is 0 Å². The maximum absolute atomic E-state index is 13.4. The minimum Gasteiger partial charge on any atom is -0.396 e. The van der Waals surface area contributed by atoms with Gasteiger partial charge in [-0.2, -0.15) is 0 Å². The number of benzene rings is 3. The van der Waals surface area contributed by atoms with Crippen molar-refractivity contribution in [2.24, 2.45) is 5.92 Å². The summed E-state index contributed by atoms with van der Waals surface area (Å²) in [5.74, 6) is -2.93. The fourth-order valence-corrected chi connectivity index (χ4v) is 5.21. The Hall–Kier alpha value is -2.22. The Labute approximate surface area is 219 Å². The third kappa shape index (κ3) is 5.07. The average Bonchev–Trinajstić information content (AvgIpc) is 3.33. The molecular formula is C23H15Cl5FN3O2. The largest absolute Gasteiger partial charge is 0.396 e. The van der Waals surface area contributed by atoms with Crippen molar-refractivity contribution in [2.75, 3.05) is 16.4 Å². The van der Waals surface area contributed by atoms with Crippen LogP contribution < -0.4 is 16.4 Å². The first-order valence-corrected chi connectivity index (χ1v) is 11.7. The highest BCUT2D eigenvalue weighted by atomic mass is 35.5. The zero-order chi connectivity index (χ0) is 24.8. The number of nitrogens with two attached hydrogens (primary N) is 1. The van der Waals surface area contributed by atoms with Crippen LogP contribution in [0.4, 0.5) is 21.5 Å². The number of amides is 2. The van der Waals surface area contributed by atoms with Gasteiger partial charge in [-0.05, 0) is 60.2 Å². The SMILES string of the molecule is Nc1cc(NC(=O)c2cc(NC(=O)[C@H]3[C@H](c4cc(Cl)cc(Cl)c4)C3(Cl)Cl)ccc2Cl)ccc1F. The zero-order valence-electron chi connectivity index (χ0n) is 17.0. The van der Waals surface area contributed by atoms with Gasteiger partial charge < -0.3 is 16.4 Å². The number of nitrogen functional groups attached to an aromatic ring is 1. The lowest BCUT2D eigenvalue weighted by atomic mass is 10.1.